The number of fused-ring (bicyclic) bond motifs is 1. The highest BCUT2D eigenvalue weighted by molar-refractivity contribution is 7.98. The van der Waals surface area contributed by atoms with E-state index >= 15 is 0 Å². The van der Waals surface area contributed by atoms with E-state index in [1.54, 1.807) is 18.2 Å². The zero-order valence-electron chi connectivity index (χ0n) is 20.6. The van der Waals surface area contributed by atoms with Gasteiger partial charge in [0.25, 0.3) is 0 Å². The Hall–Kier alpha value is -1.47. The molecule has 2 aliphatic carbocycles. The number of nitrogens with one attached hydrogen (secondary N) is 1. The lowest BCUT2D eigenvalue weighted by molar-refractivity contribution is -0.127. The fourth-order valence-electron chi connectivity index (χ4n) is 5.81. The third-order valence-corrected chi connectivity index (χ3v) is 9.67. The van der Waals surface area contributed by atoms with Crippen molar-refractivity contribution in [3.63, 3.8) is 0 Å². The minimum absolute atomic E-state index is 0.0312. The molecular weight excluding hydrogens is 552 g/mol. The van der Waals surface area contributed by atoms with E-state index in [0.717, 1.165) is 56.3 Å². The second-order valence-electron chi connectivity index (χ2n) is 10.2. The van der Waals surface area contributed by atoms with E-state index in [2.05, 4.69) is 5.32 Å². The van der Waals surface area contributed by atoms with Crippen molar-refractivity contribution in [1.29, 1.82) is 0 Å². The molecule has 0 bridgehead atoms. The number of benzene rings is 2. The molecule has 0 aliphatic heterocycles. The molecule has 1 unspecified atom stereocenters. The molecule has 1 atom stereocenters. The van der Waals surface area contributed by atoms with Crippen LogP contribution in [-0.2, 0) is 10.5 Å². The van der Waals surface area contributed by atoms with Gasteiger partial charge in [0.15, 0.2) is 0 Å². The van der Waals surface area contributed by atoms with Gasteiger partial charge in [-0.25, -0.2) is 9.37 Å². The number of hydrogen-bond donors (Lipinski definition) is 1. The fraction of sp³-hybridized carbons (Fsp3) is 0.500. The summed E-state index contributed by atoms with van der Waals surface area (Å²) in [5.41, 5.74) is 1.20. The Kier molecular flexibility index (Phi) is 8.90. The van der Waals surface area contributed by atoms with Gasteiger partial charge in [-0.2, -0.15) is 0 Å². The van der Waals surface area contributed by atoms with E-state index < -0.39 is 11.9 Å². The Morgan fingerprint density at radius 2 is 1.70 bits per heavy atom. The third kappa shape index (κ3) is 6.24. The van der Waals surface area contributed by atoms with Crippen molar-refractivity contribution < 1.29 is 9.18 Å². The summed E-state index contributed by atoms with van der Waals surface area (Å²) in [5.74, 6) is 0.882. The van der Waals surface area contributed by atoms with Gasteiger partial charge in [0.05, 0.1) is 26.8 Å². The van der Waals surface area contributed by atoms with Crippen LogP contribution in [0.4, 0.5) is 4.39 Å². The van der Waals surface area contributed by atoms with Gasteiger partial charge < -0.3 is 9.88 Å². The molecule has 1 N–H and O–H groups in total. The first-order chi connectivity index (χ1) is 17.9. The van der Waals surface area contributed by atoms with Crippen molar-refractivity contribution in [2.75, 3.05) is 0 Å². The normalized spacial score (nSPS) is 18.3. The van der Waals surface area contributed by atoms with Crippen LogP contribution in [0.15, 0.2) is 35.2 Å². The summed E-state index contributed by atoms with van der Waals surface area (Å²) in [7, 11) is 0. The molecule has 2 saturated carbocycles. The first kappa shape index (κ1) is 27.1. The van der Waals surface area contributed by atoms with Crippen LogP contribution in [0.2, 0.25) is 15.1 Å². The molecule has 1 heterocycles. The largest absolute Gasteiger partial charge is 0.352 e. The Labute approximate surface area is 236 Å². The molecule has 0 spiro atoms. The average Bonchev–Trinajstić information content (AvgIpc) is 3.22. The molecule has 1 aromatic heterocycles. The van der Waals surface area contributed by atoms with Crippen molar-refractivity contribution in [3.05, 3.63) is 57.0 Å². The Bertz CT molecular complexity index is 1270. The van der Waals surface area contributed by atoms with E-state index in [9.17, 15) is 9.18 Å². The summed E-state index contributed by atoms with van der Waals surface area (Å²) < 4.78 is 16.5. The number of aromatic nitrogens is 2. The lowest BCUT2D eigenvalue weighted by atomic mass is 9.83. The van der Waals surface area contributed by atoms with Crippen LogP contribution in [0.3, 0.4) is 0 Å². The number of nitrogens with zero attached hydrogens (tertiary/aromatic N) is 2. The monoisotopic (exact) mass is 581 g/mol. The summed E-state index contributed by atoms with van der Waals surface area (Å²) in [6.45, 7) is 0. The van der Waals surface area contributed by atoms with E-state index in [1.165, 1.54) is 30.7 Å². The Morgan fingerprint density at radius 1 is 1.00 bits per heavy atom. The molecule has 2 aliphatic rings. The number of amides is 1. The zero-order chi connectivity index (χ0) is 25.9. The fourth-order valence-corrected chi connectivity index (χ4v) is 7.39. The van der Waals surface area contributed by atoms with Gasteiger partial charge in [-0.3, -0.25) is 4.79 Å². The van der Waals surface area contributed by atoms with Gasteiger partial charge in [-0.1, -0.05) is 73.3 Å². The highest BCUT2D eigenvalue weighted by Crippen LogP contribution is 2.39. The topological polar surface area (TPSA) is 46.9 Å². The van der Waals surface area contributed by atoms with Crippen LogP contribution in [-0.4, -0.2) is 21.5 Å². The molecule has 0 saturated heterocycles. The highest BCUT2D eigenvalue weighted by atomic mass is 35.5. The van der Waals surface area contributed by atoms with Crippen LogP contribution in [0, 0.1) is 11.7 Å². The molecule has 0 radical (unpaired) electrons. The van der Waals surface area contributed by atoms with Gasteiger partial charge in [0.1, 0.15) is 17.7 Å². The van der Waals surface area contributed by atoms with Gasteiger partial charge >= 0.3 is 0 Å². The number of carbonyl (C=O) groups excluding carboxylic acids is 1. The predicted octanol–water partition coefficient (Wildman–Crippen LogP) is 9.00. The molecule has 2 fully saturated rings. The highest BCUT2D eigenvalue weighted by Gasteiger charge is 2.35. The molecule has 4 nitrogen and oxygen atoms in total. The molecule has 3 aromatic rings. The van der Waals surface area contributed by atoms with E-state index in [1.807, 2.05) is 10.6 Å². The Balaban J connectivity index is 1.55. The standard InChI is InChI=1S/C28H31Cl3FN3OS/c29-18-11-12-25(21(31)13-18)37-16-26-34-23-15-22(32)20(30)14-24(23)35(26)27(17-7-3-1-4-8-17)28(36)33-19-9-5-2-6-10-19/h11-15,17,19,27H,1-10,16H2,(H,33,36). The lowest BCUT2D eigenvalue weighted by Gasteiger charge is -2.33. The molecule has 5 rings (SSSR count). The molecule has 9 heteroatoms. The maximum atomic E-state index is 14.5. The second-order valence-corrected chi connectivity index (χ2v) is 12.5. The quantitative estimate of drug-likeness (QED) is 0.283. The average molecular weight is 583 g/mol. The summed E-state index contributed by atoms with van der Waals surface area (Å²) >= 11 is 20.3. The second kappa shape index (κ2) is 12.1. The van der Waals surface area contributed by atoms with Crippen molar-refractivity contribution in [2.24, 2.45) is 5.92 Å². The van der Waals surface area contributed by atoms with Crippen LogP contribution >= 0.6 is 46.6 Å². The first-order valence-corrected chi connectivity index (χ1v) is 15.3. The van der Waals surface area contributed by atoms with Gasteiger partial charge in [0.2, 0.25) is 5.91 Å². The maximum Gasteiger partial charge on any atom is 0.243 e. The molecule has 37 heavy (non-hydrogen) atoms. The summed E-state index contributed by atoms with van der Waals surface area (Å²) in [6, 6.07) is 8.16. The van der Waals surface area contributed by atoms with Crippen molar-refractivity contribution in [3.8, 4) is 0 Å². The van der Waals surface area contributed by atoms with Gasteiger partial charge in [0, 0.05) is 22.0 Å². The minimum atomic E-state index is -0.514. The van der Waals surface area contributed by atoms with Crippen LogP contribution < -0.4 is 5.32 Å². The zero-order valence-corrected chi connectivity index (χ0v) is 23.7. The number of thioether (sulfide) groups is 1. The van der Waals surface area contributed by atoms with E-state index in [4.69, 9.17) is 39.8 Å². The number of imidazole rings is 1. The van der Waals surface area contributed by atoms with Crippen molar-refractivity contribution >= 4 is 63.5 Å². The maximum absolute atomic E-state index is 14.5. The Morgan fingerprint density at radius 3 is 2.41 bits per heavy atom. The first-order valence-electron chi connectivity index (χ1n) is 13.1. The van der Waals surface area contributed by atoms with Crippen LogP contribution in [0.5, 0.6) is 0 Å². The molecular formula is C28H31Cl3FN3OS. The number of hydrogen-bond acceptors (Lipinski definition) is 3. The smallest absolute Gasteiger partial charge is 0.243 e. The summed E-state index contributed by atoms with van der Waals surface area (Å²) in [6.07, 6.45) is 10.9. The number of carbonyl (C=O) groups is 1. The summed E-state index contributed by atoms with van der Waals surface area (Å²) in [4.78, 5) is 19.7. The van der Waals surface area contributed by atoms with E-state index in [0.29, 0.717) is 32.7 Å². The molecule has 2 aromatic carbocycles. The predicted molar refractivity (Wildman–Crippen MR) is 151 cm³/mol. The SMILES string of the molecule is O=C(NC1CCCCC1)C(C1CCCCC1)n1c(CSc2ccc(Cl)cc2Cl)nc2cc(F)c(Cl)cc21. The molecule has 1 amide bonds. The lowest BCUT2D eigenvalue weighted by Crippen LogP contribution is -2.43. The van der Waals surface area contributed by atoms with Gasteiger partial charge in [-0.15, -0.1) is 11.8 Å². The molecule has 198 valence electrons. The van der Waals surface area contributed by atoms with Crippen LogP contribution in [0.25, 0.3) is 11.0 Å². The van der Waals surface area contributed by atoms with Crippen LogP contribution in [0.1, 0.15) is 76.1 Å². The summed E-state index contributed by atoms with van der Waals surface area (Å²) in [5, 5.41) is 4.54. The van der Waals surface area contributed by atoms with Crippen molar-refractivity contribution in [1.82, 2.24) is 14.9 Å². The minimum Gasteiger partial charge on any atom is -0.352 e. The third-order valence-electron chi connectivity index (χ3n) is 7.65. The van der Waals surface area contributed by atoms with Gasteiger partial charge in [-0.05, 0) is 55.9 Å². The number of halogens is 4. The van der Waals surface area contributed by atoms with Crippen molar-refractivity contribution in [2.45, 2.75) is 86.9 Å². The van der Waals surface area contributed by atoms with E-state index in [-0.39, 0.29) is 22.9 Å². The number of rotatable bonds is 7.